The molecule has 0 aliphatic heterocycles. The van der Waals surface area contributed by atoms with Crippen molar-refractivity contribution in [2.24, 2.45) is 0 Å². The van der Waals surface area contributed by atoms with Gasteiger partial charge in [0.05, 0.1) is 18.2 Å². The van der Waals surface area contributed by atoms with Crippen molar-refractivity contribution in [2.45, 2.75) is 103 Å². The molecule has 0 spiro atoms. The minimum absolute atomic E-state index is 0.0592. The Balaban J connectivity index is 1.65. The van der Waals surface area contributed by atoms with Crippen LogP contribution >= 0.6 is 0 Å². The van der Waals surface area contributed by atoms with Crippen LogP contribution in [-0.2, 0) is 10.0 Å². The second-order valence-electron chi connectivity index (χ2n) is 12.6. The summed E-state index contributed by atoms with van der Waals surface area (Å²) in [6.45, 7) is 17.6. The van der Waals surface area contributed by atoms with Gasteiger partial charge in [-0.3, -0.25) is 0 Å². The molecular formula is C31H45N3O3Si. The third kappa shape index (κ3) is 5.90. The molecule has 1 aliphatic carbocycles. The summed E-state index contributed by atoms with van der Waals surface area (Å²) < 4.78 is 12.5. The predicted octanol–water partition coefficient (Wildman–Crippen LogP) is 7.58. The molecule has 0 bridgehead atoms. The van der Waals surface area contributed by atoms with E-state index in [1.54, 1.807) is 7.11 Å². The standard InChI is InChI=1S/C31H45N3O3Si/c1-20-11-10-12-23(17-20)21(2)32-29-25-18-26(28(36-7)19-27(25)33-22(3)34-29)31(35)15-13-24(14-16-31)37-38(8,9)30(4,5)6/h10-12,17-19,21,24,35H,13-16H2,1-9H3,(H,32,33,34)/t21-,24?,31?/m1/s1. The van der Waals surface area contributed by atoms with Gasteiger partial charge in [-0.25, -0.2) is 9.97 Å². The zero-order chi connectivity index (χ0) is 27.9. The molecule has 1 saturated carbocycles. The van der Waals surface area contributed by atoms with Crippen LogP contribution in [0.5, 0.6) is 5.75 Å². The fourth-order valence-electron chi connectivity index (χ4n) is 5.19. The lowest BCUT2D eigenvalue weighted by Crippen LogP contribution is -2.46. The number of anilines is 1. The monoisotopic (exact) mass is 535 g/mol. The van der Waals surface area contributed by atoms with E-state index in [4.69, 9.17) is 19.1 Å². The van der Waals surface area contributed by atoms with Gasteiger partial charge in [-0.2, -0.15) is 0 Å². The first-order valence-electron chi connectivity index (χ1n) is 13.8. The number of methoxy groups -OCH3 is 1. The summed E-state index contributed by atoms with van der Waals surface area (Å²) in [5.41, 5.74) is 3.04. The third-order valence-electron chi connectivity index (χ3n) is 8.55. The second kappa shape index (κ2) is 10.6. The molecule has 4 rings (SSSR count). The first-order valence-corrected chi connectivity index (χ1v) is 16.7. The van der Waals surface area contributed by atoms with Crippen molar-refractivity contribution in [2.75, 3.05) is 12.4 Å². The second-order valence-corrected chi connectivity index (χ2v) is 17.3. The number of aryl methyl sites for hydroxylation is 2. The van der Waals surface area contributed by atoms with Crippen molar-refractivity contribution in [3.63, 3.8) is 0 Å². The van der Waals surface area contributed by atoms with Gasteiger partial charge in [0.15, 0.2) is 8.32 Å². The first kappa shape index (κ1) is 28.5. The zero-order valence-corrected chi connectivity index (χ0v) is 25.6. The highest BCUT2D eigenvalue weighted by Gasteiger charge is 2.43. The van der Waals surface area contributed by atoms with Crippen LogP contribution in [0.3, 0.4) is 0 Å². The Morgan fingerprint density at radius 2 is 1.76 bits per heavy atom. The summed E-state index contributed by atoms with van der Waals surface area (Å²) in [5.74, 6) is 2.12. The van der Waals surface area contributed by atoms with Crippen LogP contribution in [-0.4, -0.2) is 36.6 Å². The van der Waals surface area contributed by atoms with Crippen LogP contribution in [0.2, 0.25) is 18.1 Å². The molecule has 0 unspecified atom stereocenters. The van der Waals surface area contributed by atoms with Crippen molar-refractivity contribution in [1.29, 1.82) is 0 Å². The average Bonchev–Trinajstić information content (AvgIpc) is 2.83. The minimum Gasteiger partial charge on any atom is -0.496 e. The van der Waals surface area contributed by atoms with Gasteiger partial charge < -0.3 is 19.6 Å². The van der Waals surface area contributed by atoms with Crippen LogP contribution in [0, 0.1) is 13.8 Å². The molecule has 206 valence electrons. The predicted molar refractivity (Wildman–Crippen MR) is 158 cm³/mol. The van der Waals surface area contributed by atoms with Crippen molar-refractivity contribution in [3.05, 3.63) is 58.9 Å². The normalized spacial score (nSPS) is 21.4. The summed E-state index contributed by atoms with van der Waals surface area (Å²) in [6.07, 6.45) is 3.09. The molecule has 2 aromatic carbocycles. The van der Waals surface area contributed by atoms with Crippen molar-refractivity contribution in [3.8, 4) is 5.75 Å². The lowest BCUT2D eigenvalue weighted by Gasteiger charge is -2.43. The van der Waals surface area contributed by atoms with E-state index in [2.05, 4.69) is 77.3 Å². The topological polar surface area (TPSA) is 76.5 Å². The highest BCUT2D eigenvalue weighted by Crippen LogP contribution is 2.46. The van der Waals surface area contributed by atoms with Gasteiger partial charge in [-0.05, 0) is 76.2 Å². The molecule has 1 aliphatic rings. The SMILES string of the molecule is COc1cc2nc(C)nc(N[C@H](C)c3cccc(C)c3)c2cc1C1(O)CCC(O[Si](C)(C)C(C)(C)C)CC1. The smallest absolute Gasteiger partial charge is 0.192 e. The number of aliphatic hydroxyl groups is 1. The summed E-state index contributed by atoms with van der Waals surface area (Å²) >= 11 is 0. The zero-order valence-electron chi connectivity index (χ0n) is 24.6. The van der Waals surface area contributed by atoms with E-state index in [1.165, 1.54) is 11.1 Å². The van der Waals surface area contributed by atoms with Crippen LogP contribution in [0.15, 0.2) is 36.4 Å². The van der Waals surface area contributed by atoms with Crippen LogP contribution in [0.25, 0.3) is 10.9 Å². The Morgan fingerprint density at radius 3 is 2.37 bits per heavy atom. The summed E-state index contributed by atoms with van der Waals surface area (Å²) in [7, 11) is -0.203. The largest absolute Gasteiger partial charge is 0.496 e. The molecule has 7 heteroatoms. The number of fused-ring (bicyclic) bond motifs is 1. The Kier molecular flexibility index (Phi) is 7.95. The van der Waals surface area contributed by atoms with Gasteiger partial charge in [-0.1, -0.05) is 50.6 Å². The Hall–Kier alpha value is -2.48. The number of nitrogens with zero attached hydrogens (tertiary/aromatic N) is 2. The van der Waals surface area contributed by atoms with Crippen molar-refractivity contribution < 1.29 is 14.3 Å². The first-order chi connectivity index (χ1) is 17.7. The van der Waals surface area contributed by atoms with E-state index >= 15 is 0 Å². The molecule has 1 heterocycles. The highest BCUT2D eigenvalue weighted by molar-refractivity contribution is 6.74. The molecule has 1 aromatic heterocycles. The number of hydrogen-bond donors (Lipinski definition) is 2. The van der Waals surface area contributed by atoms with Crippen molar-refractivity contribution in [1.82, 2.24) is 9.97 Å². The number of benzene rings is 2. The lowest BCUT2D eigenvalue weighted by atomic mass is 9.78. The van der Waals surface area contributed by atoms with E-state index in [0.717, 1.165) is 35.1 Å². The van der Waals surface area contributed by atoms with E-state index in [9.17, 15) is 5.11 Å². The molecule has 6 nitrogen and oxygen atoms in total. The van der Waals surface area contributed by atoms with Gasteiger partial charge >= 0.3 is 0 Å². The summed E-state index contributed by atoms with van der Waals surface area (Å²) in [4.78, 5) is 9.46. The quantitative estimate of drug-likeness (QED) is 0.304. The van der Waals surface area contributed by atoms with Gasteiger partial charge in [0.25, 0.3) is 0 Å². The van der Waals surface area contributed by atoms with Crippen LogP contribution in [0.4, 0.5) is 5.82 Å². The van der Waals surface area contributed by atoms with Crippen LogP contribution in [0.1, 0.15) is 81.9 Å². The molecule has 0 saturated heterocycles. The molecule has 0 amide bonds. The Bertz CT molecular complexity index is 1290. The third-order valence-corrected chi connectivity index (χ3v) is 13.1. The molecular weight excluding hydrogens is 490 g/mol. The Labute approximate surface area is 229 Å². The summed E-state index contributed by atoms with van der Waals surface area (Å²) in [6, 6.07) is 12.5. The van der Waals surface area contributed by atoms with E-state index in [1.807, 2.05) is 19.1 Å². The Morgan fingerprint density at radius 1 is 1.08 bits per heavy atom. The van der Waals surface area contributed by atoms with Gasteiger partial charge in [0, 0.05) is 29.2 Å². The number of aromatic nitrogens is 2. The molecule has 0 radical (unpaired) electrons. The van der Waals surface area contributed by atoms with Gasteiger partial charge in [0.1, 0.15) is 17.4 Å². The lowest BCUT2D eigenvalue weighted by molar-refractivity contribution is -0.0342. The average molecular weight is 536 g/mol. The number of rotatable bonds is 7. The van der Waals surface area contributed by atoms with Gasteiger partial charge in [0.2, 0.25) is 0 Å². The fourth-order valence-corrected chi connectivity index (χ4v) is 6.62. The molecule has 3 aromatic rings. The molecule has 1 atom stereocenters. The molecule has 1 fully saturated rings. The molecule has 2 N–H and O–H groups in total. The maximum Gasteiger partial charge on any atom is 0.192 e. The maximum absolute atomic E-state index is 11.9. The van der Waals surface area contributed by atoms with Crippen molar-refractivity contribution >= 4 is 25.0 Å². The summed E-state index contributed by atoms with van der Waals surface area (Å²) in [5, 5.41) is 16.6. The van der Waals surface area contributed by atoms with Crippen LogP contribution < -0.4 is 10.1 Å². The number of nitrogens with one attached hydrogen (secondary N) is 1. The highest BCUT2D eigenvalue weighted by atomic mass is 28.4. The van der Waals surface area contributed by atoms with E-state index < -0.39 is 13.9 Å². The fraction of sp³-hybridized carbons (Fsp3) is 0.548. The number of hydrogen-bond acceptors (Lipinski definition) is 6. The number of ether oxygens (including phenoxy) is 1. The maximum atomic E-state index is 11.9. The van der Waals surface area contributed by atoms with Gasteiger partial charge in [-0.15, -0.1) is 0 Å². The molecule has 38 heavy (non-hydrogen) atoms. The van der Waals surface area contributed by atoms with E-state index in [0.29, 0.717) is 24.4 Å². The van der Waals surface area contributed by atoms with E-state index in [-0.39, 0.29) is 17.2 Å². The minimum atomic E-state index is -1.86.